The second-order valence-corrected chi connectivity index (χ2v) is 7.48. The molecule has 3 aromatic heterocycles. The number of carbonyl (C=O) groups excluding carboxylic acids is 1. The molecule has 0 aliphatic carbocycles. The Bertz CT molecular complexity index is 1040. The van der Waals surface area contributed by atoms with Crippen LogP contribution in [0.5, 0.6) is 0 Å². The number of amides is 1. The number of hydrogen-bond donors (Lipinski definition) is 1. The molecule has 8 heteroatoms. The van der Waals surface area contributed by atoms with Gasteiger partial charge in [0.05, 0.1) is 16.3 Å². The van der Waals surface area contributed by atoms with Crippen molar-refractivity contribution in [1.29, 1.82) is 0 Å². The van der Waals surface area contributed by atoms with Crippen molar-refractivity contribution in [2.24, 2.45) is 0 Å². The summed E-state index contributed by atoms with van der Waals surface area (Å²) in [7, 11) is 0. The third kappa shape index (κ3) is 4.23. The number of aromatic nitrogens is 4. The predicted octanol–water partition coefficient (Wildman–Crippen LogP) is 3.94. The average Bonchev–Trinajstić information content (AvgIpc) is 3.36. The fourth-order valence-corrected chi connectivity index (χ4v) is 3.79. The van der Waals surface area contributed by atoms with Gasteiger partial charge in [0.15, 0.2) is 0 Å². The monoisotopic (exact) mass is 393 g/mol. The third-order valence-corrected chi connectivity index (χ3v) is 5.46. The quantitative estimate of drug-likeness (QED) is 0.511. The first-order valence-electron chi connectivity index (χ1n) is 9.07. The molecule has 0 bridgehead atoms. The van der Waals surface area contributed by atoms with Gasteiger partial charge in [0.1, 0.15) is 5.01 Å². The first-order valence-corrected chi connectivity index (χ1v) is 9.88. The Labute approximate surface area is 165 Å². The van der Waals surface area contributed by atoms with Crippen molar-refractivity contribution in [1.82, 2.24) is 25.4 Å². The van der Waals surface area contributed by atoms with Gasteiger partial charge in [-0.25, -0.2) is 4.98 Å². The zero-order valence-electron chi connectivity index (χ0n) is 15.3. The van der Waals surface area contributed by atoms with E-state index >= 15 is 0 Å². The van der Waals surface area contributed by atoms with Crippen molar-refractivity contribution in [2.45, 2.75) is 32.2 Å². The van der Waals surface area contributed by atoms with E-state index in [4.69, 9.17) is 4.52 Å². The summed E-state index contributed by atoms with van der Waals surface area (Å²) in [4.78, 5) is 25.2. The lowest BCUT2D eigenvalue weighted by Crippen LogP contribution is -2.26. The normalized spacial score (nSPS) is 12.2. The Morgan fingerprint density at radius 1 is 1.21 bits per heavy atom. The second-order valence-electron chi connectivity index (χ2n) is 6.42. The zero-order chi connectivity index (χ0) is 19.3. The van der Waals surface area contributed by atoms with E-state index in [-0.39, 0.29) is 11.9 Å². The smallest absolute Gasteiger partial charge is 0.226 e. The zero-order valence-corrected chi connectivity index (χ0v) is 16.1. The minimum absolute atomic E-state index is 0.0150. The van der Waals surface area contributed by atoms with E-state index in [0.29, 0.717) is 31.0 Å². The molecule has 0 spiro atoms. The molecule has 0 radical (unpaired) electrons. The highest BCUT2D eigenvalue weighted by atomic mass is 32.1. The number of carbonyl (C=O) groups is 1. The van der Waals surface area contributed by atoms with Crippen molar-refractivity contribution < 1.29 is 9.32 Å². The third-order valence-electron chi connectivity index (χ3n) is 4.24. The summed E-state index contributed by atoms with van der Waals surface area (Å²) in [5.74, 6) is 1.02. The molecule has 142 valence electrons. The van der Waals surface area contributed by atoms with Gasteiger partial charge in [-0.3, -0.25) is 9.78 Å². The fraction of sp³-hybridized carbons (Fsp3) is 0.250. The maximum absolute atomic E-state index is 12.2. The number of nitrogens with zero attached hydrogens (tertiary/aromatic N) is 4. The minimum Gasteiger partial charge on any atom is -0.347 e. The van der Waals surface area contributed by atoms with Crippen molar-refractivity contribution in [3.63, 3.8) is 0 Å². The number of thiazole rings is 1. The lowest BCUT2D eigenvalue weighted by Gasteiger charge is -2.10. The van der Waals surface area contributed by atoms with Crippen LogP contribution < -0.4 is 5.32 Å². The van der Waals surface area contributed by atoms with Crippen LogP contribution in [-0.4, -0.2) is 26.0 Å². The number of fused-ring (bicyclic) bond motifs is 1. The van der Waals surface area contributed by atoms with E-state index in [1.54, 1.807) is 23.7 Å². The van der Waals surface area contributed by atoms with Gasteiger partial charge in [0.25, 0.3) is 0 Å². The maximum Gasteiger partial charge on any atom is 0.226 e. The molecule has 0 aliphatic heterocycles. The summed E-state index contributed by atoms with van der Waals surface area (Å²) in [6.07, 6.45) is 4.95. The summed E-state index contributed by atoms with van der Waals surface area (Å²) in [6, 6.07) is 11.5. The molecule has 7 nitrogen and oxygen atoms in total. The SMILES string of the molecule is C[C@@H](NC(=O)CCCc1nc(-c2cccnc2)no1)c1nc2ccccc2s1. The molecule has 1 N–H and O–H groups in total. The summed E-state index contributed by atoms with van der Waals surface area (Å²) in [6.45, 7) is 1.95. The van der Waals surface area contributed by atoms with Crippen LogP contribution in [-0.2, 0) is 11.2 Å². The van der Waals surface area contributed by atoms with Crippen molar-refractivity contribution in [2.75, 3.05) is 0 Å². The van der Waals surface area contributed by atoms with Crippen molar-refractivity contribution in [3.05, 3.63) is 59.7 Å². The van der Waals surface area contributed by atoms with Crippen LogP contribution in [0, 0.1) is 0 Å². The lowest BCUT2D eigenvalue weighted by atomic mass is 10.2. The molecule has 0 unspecified atom stereocenters. The van der Waals surface area contributed by atoms with Gasteiger partial charge in [-0.1, -0.05) is 17.3 Å². The second kappa shape index (κ2) is 8.26. The van der Waals surface area contributed by atoms with Crippen molar-refractivity contribution >= 4 is 27.5 Å². The average molecular weight is 393 g/mol. The summed E-state index contributed by atoms with van der Waals surface area (Å²) in [5, 5.41) is 7.88. The maximum atomic E-state index is 12.2. The number of pyridine rings is 1. The Balaban J connectivity index is 1.27. The standard InChI is InChI=1S/C20H19N5O2S/c1-13(20-23-15-7-2-3-8-16(15)28-20)22-17(26)9-4-10-18-24-19(25-27-18)14-6-5-11-21-12-14/h2-3,5-8,11-13H,4,9-10H2,1H3,(H,22,26)/t13-/m1/s1. The molecular weight excluding hydrogens is 374 g/mol. The molecule has 0 aliphatic rings. The minimum atomic E-state index is -0.120. The Hall–Kier alpha value is -3.13. The summed E-state index contributed by atoms with van der Waals surface area (Å²) >= 11 is 1.60. The van der Waals surface area contributed by atoms with E-state index in [2.05, 4.69) is 25.4 Å². The molecule has 0 fully saturated rings. The van der Waals surface area contributed by atoms with Gasteiger partial charge in [-0.2, -0.15) is 4.98 Å². The highest BCUT2D eigenvalue weighted by Crippen LogP contribution is 2.26. The van der Waals surface area contributed by atoms with E-state index in [9.17, 15) is 4.79 Å². The molecule has 1 amide bonds. The van der Waals surface area contributed by atoms with E-state index < -0.39 is 0 Å². The van der Waals surface area contributed by atoms with E-state index in [1.165, 1.54) is 0 Å². The molecule has 1 aromatic carbocycles. The Morgan fingerprint density at radius 2 is 2.11 bits per heavy atom. The molecule has 3 heterocycles. The Morgan fingerprint density at radius 3 is 2.93 bits per heavy atom. The molecule has 0 saturated carbocycles. The number of nitrogens with one attached hydrogen (secondary N) is 1. The van der Waals surface area contributed by atoms with Gasteiger partial charge < -0.3 is 9.84 Å². The van der Waals surface area contributed by atoms with Gasteiger partial charge in [-0.05, 0) is 37.6 Å². The van der Waals surface area contributed by atoms with Gasteiger partial charge >= 0.3 is 0 Å². The number of rotatable bonds is 7. The molecule has 28 heavy (non-hydrogen) atoms. The Kier molecular flexibility index (Phi) is 5.38. The van der Waals surface area contributed by atoms with E-state index in [1.807, 2.05) is 43.3 Å². The van der Waals surface area contributed by atoms with Gasteiger partial charge in [0.2, 0.25) is 17.6 Å². The molecule has 0 saturated heterocycles. The largest absolute Gasteiger partial charge is 0.347 e. The summed E-state index contributed by atoms with van der Waals surface area (Å²) in [5.41, 5.74) is 1.77. The van der Waals surface area contributed by atoms with Crippen LogP contribution in [0.4, 0.5) is 0 Å². The highest BCUT2D eigenvalue weighted by Gasteiger charge is 2.15. The van der Waals surface area contributed by atoms with Crippen LogP contribution in [0.3, 0.4) is 0 Å². The predicted molar refractivity (Wildman–Crippen MR) is 107 cm³/mol. The number of aryl methyl sites for hydroxylation is 1. The van der Waals surface area contributed by atoms with Crippen LogP contribution in [0.25, 0.3) is 21.6 Å². The topological polar surface area (TPSA) is 93.8 Å². The molecular formula is C20H19N5O2S. The fourth-order valence-electron chi connectivity index (χ4n) is 2.82. The first-order chi connectivity index (χ1) is 13.7. The summed E-state index contributed by atoms with van der Waals surface area (Å²) < 4.78 is 6.38. The molecule has 4 aromatic rings. The van der Waals surface area contributed by atoms with Crippen LogP contribution >= 0.6 is 11.3 Å². The van der Waals surface area contributed by atoms with Crippen LogP contribution in [0.2, 0.25) is 0 Å². The van der Waals surface area contributed by atoms with Gasteiger partial charge in [0, 0.05) is 30.8 Å². The number of hydrogen-bond acceptors (Lipinski definition) is 7. The van der Waals surface area contributed by atoms with E-state index in [0.717, 1.165) is 20.8 Å². The molecule has 4 rings (SSSR count). The number of benzene rings is 1. The van der Waals surface area contributed by atoms with Gasteiger partial charge in [-0.15, -0.1) is 11.3 Å². The number of para-hydroxylation sites is 1. The lowest BCUT2D eigenvalue weighted by molar-refractivity contribution is -0.121. The first kappa shape index (κ1) is 18.2. The van der Waals surface area contributed by atoms with Crippen LogP contribution in [0.15, 0.2) is 53.3 Å². The van der Waals surface area contributed by atoms with Crippen LogP contribution in [0.1, 0.15) is 36.7 Å². The highest BCUT2D eigenvalue weighted by molar-refractivity contribution is 7.18. The molecule has 1 atom stereocenters. The van der Waals surface area contributed by atoms with Crippen molar-refractivity contribution in [3.8, 4) is 11.4 Å².